The summed E-state index contributed by atoms with van der Waals surface area (Å²) in [6.07, 6.45) is 2.40. The number of nitrogens with one attached hydrogen (secondary N) is 1. The van der Waals surface area contributed by atoms with Gasteiger partial charge in [-0.1, -0.05) is 37.3 Å². The van der Waals surface area contributed by atoms with Crippen molar-refractivity contribution in [1.29, 1.82) is 0 Å². The molecule has 110 valence electrons. The van der Waals surface area contributed by atoms with Gasteiger partial charge in [0, 0.05) is 45.4 Å². The molecule has 0 bridgehead atoms. The van der Waals surface area contributed by atoms with Crippen molar-refractivity contribution < 1.29 is 4.74 Å². The highest BCUT2D eigenvalue weighted by Crippen LogP contribution is 2.31. The van der Waals surface area contributed by atoms with Crippen LogP contribution in [0.1, 0.15) is 31.4 Å². The van der Waals surface area contributed by atoms with E-state index in [0.29, 0.717) is 11.5 Å². The Morgan fingerprint density at radius 1 is 1.25 bits per heavy atom. The lowest BCUT2D eigenvalue weighted by molar-refractivity contribution is 0.000592. The molecule has 0 radical (unpaired) electrons. The van der Waals surface area contributed by atoms with Crippen LogP contribution >= 0.6 is 0 Å². The van der Waals surface area contributed by atoms with Gasteiger partial charge in [0.25, 0.3) is 0 Å². The van der Waals surface area contributed by atoms with Crippen LogP contribution in [0.4, 0.5) is 0 Å². The van der Waals surface area contributed by atoms with Crippen molar-refractivity contribution in [3.8, 4) is 0 Å². The maximum Gasteiger partial charge on any atom is 0.0471 e. The highest BCUT2D eigenvalue weighted by molar-refractivity contribution is 5.19. The molecule has 2 aliphatic heterocycles. The number of benzene rings is 1. The van der Waals surface area contributed by atoms with Crippen LogP contribution in [-0.2, 0) is 4.74 Å². The molecule has 2 fully saturated rings. The van der Waals surface area contributed by atoms with Crippen LogP contribution in [0.2, 0.25) is 0 Å². The van der Waals surface area contributed by atoms with Gasteiger partial charge in [-0.2, -0.15) is 0 Å². The minimum atomic E-state index is 0.441. The average Bonchev–Trinajstić information content (AvgIpc) is 2.49. The van der Waals surface area contributed by atoms with Crippen molar-refractivity contribution >= 4 is 0 Å². The molecule has 0 amide bonds. The van der Waals surface area contributed by atoms with Gasteiger partial charge < -0.3 is 10.1 Å². The Morgan fingerprint density at radius 2 is 2.00 bits per heavy atom. The first-order chi connectivity index (χ1) is 9.75. The summed E-state index contributed by atoms with van der Waals surface area (Å²) in [5.74, 6) is 0. The van der Waals surface area contributed by atoms with Crippen molar-refractivity contribution in [3.63, 3.8) is 0 Å². The van der Waals surface area contributed by atoms with Crippen molar-refractivity contribution in [2.45, 2.75) is 25.8 Å². The summed E-state index contributed by atoms with van der Waals surface area (Å²) in [6, 6.07) is 11.3. The Hall–Kier alpha value is -0.900. The van der Waals surface area contributed by atoms with Crippen LogP contribution in [0.5, 0.6) is 0 Å². The number of ether oxygens (including phenoxy) is 1. The number of nitrogens with zero attached hydrogens (tertiary/aromatic N) is 1. The average molecular weight is 274 g/mol. The SMILES string of the molecule is CC1(CN2CCNC(c3ccccc3)C2)CCOCC1. The zero-order valence-corrected chi connectivity index (χ0v) is 12.5. The Morgan fingerprint density at radius 3 is 2.75 bits per heavy atom. The lowest BCUT2D eigenvalue weighted by Gasteiger charge is -2.41. The van der Waals surface area contributed by atoms with E-state index in [0.717, 1.165) is 26.3 Å². The molecular formula is C17H26N2O. The fourth-order valence-corrected chi connectivity index (χ4v) is 3.43. The second kappa shape index (κ2) is 6.25. The van der Waals surface area contributed by atoms with Gasteiger partial charge in [0.05, 0.1) is 0 Å². The van der Waals surface area contributed by atoms with Crippen molar-refractivity contribution in [1.82, 2.24) is 10.2 Å². The van der Waals surface area contributed by atoms with Crippen molar-refractivity contribution in [2.24, 2.45) is 5.41 Å². The monoisotopic (exact) mass is 274 g/mol. The molecule has 20 heavy (non-hydrogen) atoms. The van der Waals surface area contributed by atoms with Crippen LogP contribution in [0, 0.1) is 5.41 Å². The molecule has 2 aliphatic rings. The van der Waals surface area contributed by atoms with E-state index in [1.54, 1.807) is 0 Å². The van der Waals surface area contributed by atoms with E-state index in [4.69, 9.17) is 4.74 Å². The molecule has 1 N–H and O–H groups in total. The number of hydrogen-bond donors (Lipinski definition) is 1. The summed E-state index contributed by atoms with van der Waals surface area (Å²) in [5, 5.41) is 3.65. The summed E-state index contributed by atoms with van der Waals surface area (Å²) in [4.78, 5) is 2.64. The minimum absolute atomic E-state index is 0.441. The molecule has 3 heteroatoms. The van der Waals surface area contributed by atoms with Gasteiger partial charge in [-0.3, -0.25) is 4.90 Å². The van der Waals surface area contributed by atoms with Gasteiger partial charge in [-0.05, 0) is 23.8 Å². The predicted molar refractivity (Wildman–Crippen MR) is 81.8 cm³/mol. The number of rotatable bonds is 3. The molecule has 1 atom stereocenters. The maximum absolute atomic E-state index is 5.51. The molecule has 0 saturated carbocycles. The first kappa shape index (κ1) is 14.1. The molecule has 3 nitrogen and oxygen atoms in total. The third-order valence-corrected chi connectivity index (χ3v) is 4.77. The lowest BCUT2D eigenvalue weighted by atomic mass is 9.81. The van der Waals surface area contributed by atoms with E-state index < -0.39 is 0 Å². The second-order valence-corrected chi connectivity index (χ2v) is 6.58. The predicted octanol–water partition coefficient (Wildman–Crippen LogP) is 2.45. The zero-order chi connectivity index (χ0) is 13.8. The maximum atomic E-state index is 5.51. The molecule has 2 saturated heterocycles. The van der Waals surface area contributed by atoms with Crippen LogP contribution < -0.4 is 5.32 Å². The Bertz CT molecular complexity index is 414. The van der Waals surface area contributed by atoms with E-state index in [2.05, 4.69) is 47.5 Å². The van der Waals surface area contributed by atoms with Crippen molar-refractivity contribution in [3.05, 3.63) is 35.9 Å². The van der Waals surface area contributed by atoms with E-state index in [-0.39, 0.29) is 0 Å². The number of hydrogen-bond acceptors (Lipinski definition) is 3. The third kappa shape index (κ3) is 3.40. The third-order valence-electron chi connectivity index (χ3n) is 4.77. The number of piperazine rings is 1. The summed E-state index contributed by atoms with van der Waals surface area (Å²) >= 11 is 0. The Balaban J connectivity index is 1.60. The van der Waals surface area contributed by atoms with Gasteiger partial charge in [0.1, 0.15) is 0 Å². The van der Waals surface area contributed by atoms with Crippen LogP contribution in [0.25, 0.3) is 0 Å². The van der Waals surface area contributed by atoms with Gasteiger partial charge >= 0.3 is 0 Å². The smallest absolute Gasteiger partial charge is 0.0471 e. The van der Waals surface area contributed by atoms with E-state index in [1.165, 1.54) is 31.5 Å². The summed E-state index contributed by atoms with van der Waals surface area (Å²) in [5.41, 5.74) is 1.85. The molecular weight excluding hydrogens is 248 g/mol. The molecule has 1 aromatic carbocycles. The fourth-order valence-electron chi connectivity index (χ4n) is 3.43. The van der Waals surface area contributed by atoms with Gasteiger partial charge in [0.2, 0.25) is 0 Å². The highest BCUT2D eigenvalue weighted by Gasteiger charge is 2.31. The molecule has 0 aliphatic carbocycles. The second-order valence-electron chi connectivity index (χ2n) is 6.58. The molecule has 0 aromatic heterocycles. The topological polar surface area (TPSA) is 24.5 Å². The minimum Gasteiger partial charge on any atom is -0.381 e. The molecule has 1 unspecified atom stereocenters. The zero-order valence-electron chi connectivity index (χ0n) is 12.5. The quantitative estimate of drug-likeness (QED) is 0.916. The fraction of sp³-hybridized carbons (Fsp3) is 0.647. The Labute approximate surface area is 122 Å². The van der Waals surface area contributed by atoms with Crippen LogP contribution in [0.15, 0.2) is 30.3 Å². The normalized spacial score (nSPS) is 27.4. The van der Waals surface area contributed by atoms with E-state index >= 15 is 0 Å². The molecule has 0 spiro atoms. The molecule has 1 aromatic rings. The molecule has 2 heterocycles. The highest BCUT2D eigenvalue weighted by atomic mass is 16.5. The Kier molecular flexibility index (Phi) is 4.39. The first-order valence-electron chi connectivity index (χ1n) is 7.84. The van der Waals surface area contributed by atoms with Gasteiger partial charge in [-0.25, -0.2) is 0 Å². The first-order valence-corrected chi connectivity index (χ1v) is 7.84. The van der Waals surface area contributed by atoms with Crippen LogP contribution in [0.3, 0.4) is 0 Å². The van der Waals surface area contributed by atoms with Crippen molar-refractivity contribution in [2.75, 3.05) is 39.4 Å². The molecule has 3 rings (SSSR count). The standard InChI is InChI=1S/C17H26N2O/c1-17(7-11-20-12-8-17)14-19-10-9-18-16(13-19)15-5-3-2-4-6-15/h2-6,16,18H,7-14H2,1H3. The summed E-state index contributed by atoms with van der Waals surface area (Å²) in [7, 11) is 0. The van der Waals surface area contributed by atoms with E-state index in [1.807, 2.05) is 0 Å². The van der Waals surface area contributed by atoms with Gasteiger partial charge in [0.15, 0.2) is 0 Å². The van der Waals surface area contributed by atoms with E-state index in [9.17, 15) is 0 Å². The van der Waals surface area contributed by atoms with Crippen LogP contribution in [-0.4, -0.2) is 44.3 Å². The van der Waals surface area contributed by atoms with Gasteiger partial charge in [-0.15, -0.1) is 0 Å². The summed E-state index contributed by atoms with van der Waals surface area (Å²) < 4.78 is 5.51. The largest absolute Gasteiger partial charge is 0.381 e. The lowest BCUT2D eigenvalue weighted by Crippen LogP contribution is -2.50. The summed E-state index contributed by atoms with van der Waals surface area (Å²) in [6.45, 7) is 8.89.